The van der Waals surface area contributed by atoms with Crippen LogP contribution in [0.3, 0.4) is 0 Å². The monoisotopic (exact) mass is 453 g/mol. The second kappa shape index (κ2) is 13.9. The zero-order valence-corrected chi connectivity index (χ0v) is 17.8. The first-order valence-corrected chi connectivity index (χ1v) is 8.93. The van der Waals surface area contributed by atoms with Crippen molar-refractivity contribution in [2.45, 2.75) is 32.1 Å². The first-order valence-electron chi connectivity index (χ1n) is 8.17. The number of amides is 1. The minimum absolute atomic E-state index is 0. The number of hydrogen-bond acceptors (Lipinski definition) is 4. The van der Waals surface area contributed by atoms with Gasteiger partial charge in [0.25, 0.3) is 0 Å². The largest absolute Gasteiger partial charge is 0.438 e. The summed E-state index contributed by atoms with van der Waals surface area (Å²) in [6.45, 7) is 0.706. The van der Waals surface area contributed by atoms with Gasteiger partial charge in [0.05, 0.1) is 5.02 Å². The number of nitrogens with one attached hydrogen (secondary N) is 1. The van der Waals surface area contributed by atoms with Gasteiger partial charge in [-0.05, 0) is 49.7 Å². The van der Waals surface area contributed by atoms with Crippen molar-refractivity contribution < 1.29 is 9.53 Å². The van der Waals surface area contributed by atoms with E-state index in [0.29, 0.717) is 28.8 Å². The van der Waals surface area contributed by atoms with Crippen molar-refractivity contribution in [3.8, 4) is 11.6 Å². The molecule has 0 spiro atoms. The van der Waals surface area contributed by atoms with E-state index in [0.717, 1.165) is 31.4 Å². The maximum Gasteiger partial charge on any atom is 0.238 e. The maximum absolute atomic E-state index is 11.9. The molecule has 1 amide bonds. The smallest absolute Gasteiger partial charge is 0.238 e. The van der Waals surface area contributed by atoms with E-state index < -0.39 is 0 Å². The van der Waals surface area contributed by atoms with Crippen LogP contribution >= 0.6 is 48.0 Å². The van der Waals surface area contributed by atoms with Crippen molar-refractivity contribution in [3.63, 3.8) is 0 Å². The van der Waals surface area contributed by atoms with Crippen molar-refractivity contribution in [1.82, 2.24) is 4.98 Å². The van der Waals surface area contributed by atoms with E-state index in [2.05, 4.69) is 10.3 Å². The summed E-state index contributed by atoms with van der Waals surface area (Å²) in [5.41, 5.74) is 6.16. The number of nitrogens with zero attached hydrogens (tertiary/aromatic N) is 1. The fraction of sp³-hybridized carbons (Fsp3) is 0.333. The van der Waals surface area contributed by atoms with Gasteiger partial charge in [0.2, 0.25) is 11.8 Å². The molecule has 0 atom stereocenters. The standard InChI is InChI=1S/C18H21Cl2N3O2.2ClH/c19-13-11-16(20)18(22-12-13)25-15-8-6-14(7-9-15)23-17(24)5-3-1-2-4-10-21;;/h6-9,11-12H,1-5,10,21H2,(H,23,24);2*1H. The molecular weight excluding hydrogens is 432 g/mol. The number of halogens is 4. The predicted molar refractivity (Wildman–Crippen MR) is 116 cm³/mol. The van der Waals surface area contributed by atoms with Gasteiger partial charge in [-0.2, -0.15) is 0 Å². The lowest BCUT2D eigenvalue weighted by molar-refractivity contribution is -0.116. The van der Waals surface area contributed by atoms with Gasteiger partial charge in [-0.15, -0.1) is 24.8 Å². The zero-order chi connectivity index (χ0) is 18.1. The van der Waals surface area contributed by atoms with E-state index >= 15 is 0 Å². The second-order valence-electron chi connectivity index (χ2n) is 5.57. The number of unbranched alkanes of at least 4 members (excludes halogenated alkanes) is 3. The number of carbonyl (C=O) groups is 1. The third kappa shape index (κ3) is 9.49. The molecule has 0 saturated heterocycles. The summed E-state index contributed by atoms with van der Waals surface area (Å²) < 4.78 is 5.60. The van der Waals surface area contributed by atoms with Gasteiger partial charge in [0.15, 0.2) is 0 Å². The quantitative estimate of drug-likeness (QED) is 0.464. The molecule has 0 aliphatic heterocycles. The molecule has 1 heterocycles. The molecule has 0 saturated carbocycles. The van der Waals surface area contributed by atoms with Crippen LogP contribution in [0.5, 0.6) is 11.6 Å². The summed E-state index contributed by atoms with van der Waals surface area (Å²) in [7, 11) is 0. The zero-order valence-electron chi connectivity index (χ0n) is 14.6. The summed E-state index contributed by atoms with van der Waals surface area (Å²) in [6, 6.07) is 8.58. The molecule has 0 aliphatic carbocycles. The van der Waals surface area contributed by atoms with Crippen LogP contribution in [-0.2, 0) is 4.79 Å². The lowest BCUT2D eigenvalue weighted by atomic mass is 10.1. The van der Waals surface area contributed by atoms with Crippen LogP contribution in [0.2, 0.25) is 10.0 Å². The Morgan fingerprint density at radius 1 is 1.07 bits per heavy atom. The molecule has 1 aromatic heterocycles. The first-order chi connectivity index (χ1) is 12.1. The Hall–Kier alpha value is -1.24. The van der Waals surface area contributed by atoms with Gasteiger partial charge in [-0.25, -0.2) is 4.98 Å². The molecule has 2 aromatic rings. The van der Waals surface area contributed by atoms with Crippen molar-refractivity contribution in [2.24, 2.45) is 5.73 Å². The highest BCUT2D eigenvalue weighted by Gasteiger charge is 2.07. The highest BCUT2D eigenvalue weighted by molar-refractivity contribution is 6.35. The number of benzene rings is 1. The molecular formula is C18H23Cl4N3O2. The predicted octanol–water partition coefficient (Wildman–Crippen LogP) is 5.87. The van der Waals surface area contributed by atoms with Gasteiger partial charge in [0.1, 0.15) is 10.8 Å². The third-order valence-electron chi connectivity index (χ3n) is 3.48. The molecule has 5 nitrogen and oxygen atoms in total. The second-order valence-corrected chi connectivity index (χ2v) is 6.41. The Morgan fingerprint density at radius 2 is 1.74 bits per heavy atom. The number of ether oxygens (including phenoxy) is 1. The number of rotatable bonds is 9. The summed E-state index contributed by atoms with van der Waals surface area (Å²) in [6.07, 6.45) is 5.94. The summed E-state index contributed by atoms with van der Waals surface area (Å²) >= 11 is 11.8. The Labute approximate surface area is 181 Å². The Morgan fingerprint density at radius 3 is 2.37 bits per heavy atom. The molecule has 0 aliphatic rings. The summed E-state index contributed by atoms with van der Waals surface area (Å²) in [5.74, 6) is 0.848. The minimum atomic E-state index is 0. The molecule has 3 N–H and O–H groups in total. The van der Waals surface area contributed by atoms with Gasteiger partial charge in [-0.1, -0.05) is 36.0 Å². The molecule has 0 fully saturated rings. The van der Waals surface area contributed by atoms with Crippen LogP contribution in [0.15, 0.2) is 36.5 Å². The van der Waals surface area contributed by atoms with Gasteiger partial charge in [0, 0.05) is 18.3 Å². The third-order valence-corrected chi connectivity index (χ3v) is 3.96. The van der Waals surface area contributed by atoms with Crippen molar-refractivity contribution in [1.29, 1.82) is 0 Å². The molecule has 150 valence electrons. The van der Waals surface area contributed by atoms with E-state index in [4.69, 9.17) is 33.7 Å². The number of aromatic nitrogens is 1. The van der Waals surface area contributed by atoms with Crippen molar-refractivity contribution in [3.05, 3.63) is 46.6 Å². The van der Waals surface area contributed by atoms with E-state index in [9.17, 15) is 4.79 Å². The van der Waals surface area contributed by atoms with E-state index in [-0.39, 0.29) is 36.6 Å². The first kappa shape index (κ1) is 25.8. The SMILES string of the molecule is Cl.Cl.NCCCCCCC(=O)Nc1ccc(Oc2ncc(Cl)cc2Cl)cc1. The van der Waals surface area contributed by atoms with Crippen LogP contribution in [0.25, 0.3) is 0 Å². The number of nitrogens with two attached hydrogens (primary N) is 1. The van der Waals surface area contributed by atoms with Gasteiger partial charge in [-0.3, -0.25) is 4.79 Å². The lowest BCUT2D eigenvalue weighted by Gasteiger charge is -2.08. The van der Waals surface area contributed by atoms with Crippen LogP contribution in [0.4, 0.5) is 5.69 Å². The molecule has 0 unspecified atom stereocenters. The Bertz CT molecular complexity index is 700. The molecule has 9 heteroatoms. The average molecular weight is 455 g/mol. The summed E-state index contributed by atoms with van der Waals surface area (Å²) in [5, 5.41) is 3.64. The fourth-order valence-electron chi connectivity index (χ4n) is 2.20. The van der Waals surface area contributed by atoms with E-state index in [1.807, 2.05) is 0 Å². The molecule has 0 radical (unpaired) electrons. The number of pyridine rings is 1. The lowest BCUT2D eigenvalue weighted by Crippen LogP contribution is -2.11. The summed E-state index contributed by atoms with van der Waals surface area (Å²) in [4.78, 5) is 15.9. The van der Waals surface area contributed by atoms with E-state index in [1.54, 1.807) is 30.3 Å². The topological polar surface area (TPSA) is 77.2 Å². The number of anilines is 1. The van der Waals surface area contributed by atoms with Crippen LogP contribution in [-0.4, -0.2) is 17.4 Å². The van der Waals surface area contributed by atoms with Crippen LogP contribution in [0, 0.1) is 0 Å². The normalized spacial score (nSPS) is 9.74. The van der Waals surface area contributed by atoms with Crippen molar-refractivity contribution >= 4 is 59.6 Å². The number of hydrogen-bond donors (Lipinski definition) is 2. The van der Waals surface area contributed by atoms with Gasteiger partial charge >= 0.3 is 0 Å². The number of carbonyl (C=O) groups excluding carboxylic acids is 1. The van der Waals surface area contributed by atoms with Crippen LogP contribution < -0.4 is 15.8 Å². The molecule has 27 heavy (non-hydrogen) atoms. The average Bonchev–Trinajstić information content (AvgIpc) is 2.59. The highest BCUT2D eigenvalue weighted by Crippen LogP contribution is 2.29. The van der Waals surface area contributed by atoms with Crippen molar-refractivity contribution in [2.75, 3.05) is 11.9 Å². The Kier molecular flexibility index (Phi) is 13.2. The molecule has 2 rings (SSSR count). The molecule has 1 aromatic carbocycles. The maximum atomic E-state index is 11.9. The van der Waals surface area contributed by atoms with E-state index in [1.165, 1.54) is 6.20 Å². The Balaban J connectivity index is 0.00000338. The van der Waals surface area contributed by atoms with Gasteiger partial charge < -0.3 is 15.8 Å². The molecule has 0 bridgehead atoms. The fourth-order valence-corrected chi connectivity index (χ4v) is 2.62. The van der Waals surface area contributed by atoms with Crippen LogP contribution in [0.1, 0.15) is 32.1 Å². The highest BCUT2D eigenvalue weighted by atomic mass is 35.5. The minimum Gasteiger partial charge on any atom is -0.438 e.